The van der Waals surface area contributed by atoms with Gasteiger partial charge in [0.1, 0.15) is 11.8 Å². The van der Waals surface area contributed by atoms with Crippen molar-refractivity contribution in [3.8, 4) is 0 Å². The Labute approximate surface area is 139 Å². The van der Waals surface area contributed by atoms with Crippen LogP contribution in [0.2, 0.25) is 0 Å². The highest BCUT2D eigenvalue weighted by atomic mass is 16.2. The summed E-state index contributed by atoms with van der Waals surface area (Å²) in [4.78, 5) is 27.2. The summed E-state index contributed by atoms with van der Waals surface area (Å²) in [5.41, 5.74) is 7.88. The van der Waals surface area contributed by atoms with Crippen LogP contribution >= 0.6 is 0 Å². The Bertz CT molecular complexity index is 875. The van der Waals surface area contributed by atoms with E-state index in [1.165, 1.54) is 6.33 Å². The third kappa shape index (κ3) is 2.47. The summed E-state index contributed by atoms with van der Waals surface area (Å²) in [6.07, 6.45) is 5.14. The second-order valence-corrected chi connectivity index (χ2v) is 5.99. The van der Waals surface area contributed by atoms with Crippen LogP contribution in [-0.2, 0) is 6.54 Å². The summed E-state index contributed by atoms with van der Waals surface area (Å²) in [5.74, 6) is 0.457. The summed E-state index contributed by atoms with van der Waals surface area (Å²) in [7, 11) is 0. The van der Waals surface area contributed by atoms with Crippen LogP contribution in [-0.4, -0.2) is 42.9 Å². The van der Waals surface area contributed by atoms with Crippen molar-refractivity contribution in [2.24, 2.45) is 0 Å². The minimum absolute atomic E-state index is 0.0802. The molecule has 0 bridgehead atoms. The molecule has 24 heavy (non-hydrogen) atoms. The SMILES string of the molecule is Nc1ncnc2c1ncn2C[C@H]1CCCN1C(=O)c1ccccc1. The summed E-state index contributed by atoms with van der Waals surface area (Å²) >= 11 is 0. The molecule has 122 valence electrons. The number of rotatable bonds is 3. The monoisotopic (exact) mass is 322 g/mol. The molecular formula is C17H18N6O. The fourth-order valence-electron chi connectivity index (χ4n) is 3.30. The van der Waals surface area contributed by atoms with Gasteiger partial charge in [-0.3, -0.25) is 4.79 Å². The van der Waals surface area contributed by atoms with Gasteiger partial charge in [0.25, 0.3) is 5.91 Å². The van der Waals surface area contributed by atoms with Gasteiger partial charge in [0.15, 0.2) is 11.5 Å². The van der Waals surface area contributed by atoms with Crippen LogP contribution in [0.4, 0.5) is 5.82 Å². The van der Waals surface area contributed by atoms with Gasteiger partial charge in [0.2, 0.25) is 0 Å². The number of carbonyl (C=O) groups is 1. The predicted molar refractivity (Wildman–Crippen MR) is 90.2 cm³/mol. The Hall–Kier alpha value is -2.96. The number of nitrogen functional groups attached to an aromatic ring is 1. The van der Waals surface area contributed by atoms with Crippen LogP contribution in [0.15, 0.2) is 43.0 Å². The predicted octanol–water partition coefficient (Wildman–Crippen LogP) is 1.71. The minimum atomic E-state index is 0.0802. The molecule has 0 saturated carbocycles. The van der Waals surface area contributed by atoms with Crippen LogP contribution in [0.25, 0.3) is 11.2 Å². The fraction of sp³-hybridized carbons (Fsp3) is 0.294. The Balaban J connectivity index is 1.59. The molecule has 3 heterocycles. The van der Waals surface area contributed by atoms with E-state index in [0.717, 1.165) is 24.9 Å². The lowest BCUT2D eigenvalue weighted by Gasteiger charge is -2.25. The molecule has 1 aliphatic rings. The molecule has 4 rings (SSSR count). The number of benzene rings is 1. The van der Waals surface area contributed by atoms with Crippen molar-refractivity contribution < 1.29 is 4.79 Å². The van der Waals surface area contributed by atoms with Gasteiger partial charge in [0, 0.05) is 18.7 Å². The second-order valence-electron chi connectivity index (χ2n) is 5.99. The molecule has 0 spiro atoms. The maximum atomic E-state index is 12.8. The largest absolute Gasteiger partial charge is 0.382 e. The number of hydrogen-bond acceptors (Lipinski definition) is 5. The highest BCUT2D eigenvalue weighted by Gasteiger charge is 2.30. The Morgan fingerprint density at radius 3 is 2.88 bits per heavy atom. The highest BCUT2D eigenvalue weighted by molar-refractivity contribution is 5.94. The number of imidazole rings is 1. The Kier molecular flexibility index (Phi) is 3.60. The van der Waals surface area contributed by atoms with E-state index in [1.807, 2.05) is 39.8 Å². The molecule has 1 aromatic carbocycles. The van der Waals surface area contributed by atoms with Crippen LogP contribution < -0.4 is 5.73 Å². The summed E-state index contributed by atoms with van der Waals surface area (Å²) in [6, 6.07) is 9.55. The van der Waals surface area contributed by atoms with E-state index < -0.39 is 0 Å². The van der Waals surface area contributed by atoms with Crippen molar-refractivity contribution >= 4 is 22.9 Å². The fourth-order valence-corrected chi connectivity index (χ4v) is 3.30. The first kappa shape index (κ1) is 14.6. The normalized spacial score (nSPS) is 17.5. The Morgan fingerprint density at radius 1 is 1.21 bits per heavy atom. The first-order valence-corrected chi connectivity index (χ1v) is 8.01. The number of likely N-dealkylation sites (tertiary alicyclic amines) is 1. The first-order valence-electron chi connectivity index (χ1n) is 8.01. The van der Waals surface area contributed by atoms with Gasteiger partial charge in [-0.2, -0.15) is 0 Å². The zero-order valence-electron chi connectivity index (χ0n) is 13.2. The van der Waals surface area contributed by atoms with E-state index >= 15 is 0 Å². The molecule has 2 aromatic heterocycles. The molecular weight excluding hydrogens is 304 g/mol. The highest BCUT2D eigenvalue weighted by Crippen LogP contribution is 2.23. The van der Waals surface area contributed by atoms with E-state index in [-0.39, 0.29) is 11.9 Å². The number of fused-ring (bicyclic) bond motifs is 1. The first-order chi connectivity index (χ1) is 11.7. The maximum absolute atomic E-state index is 12.8. The van der Waals surface area contributed by atoms with Crippen LogP contribution in [0.5, 0.6) is 0 Å². The van der Waals surface area contributed by atoms with E-state index in [0.29, 0.717) is 23.5 Å². The van der Waals surface area contributed by atoms with Gasteiger partial charge in [-0.15, -0.1) is 0 Å². The molecule has 0 aliphatic carbocycles. The number of carbonyl (C=O) groups excluding carboxylic acids is 1. The van der Waals surface area contributed by atoms with E-state index in [9.17, 15) is 4.79 Å². The summed E-state index contributed by atoms with van der Waals surface area (Å²) in [5, 5.41) is 0. The standard InChI is InChI=1S/C17H18N6O/c18-15-14-16(20-10-19-15)22(11-21-14)9-13-7-4-8-23(13)17(24)12-5-2-1-3-6-12/h1-3,5-6,10-11,13H,4,7-9H2,(H2,18,19,20)/t13-/m1/s1. The van der Waals surface area contributed by atoms with Crippen molar-refractivity contribution in [3.05, 3.63) is 48.5 Å². The number of anilines is 1. The molecule has 1 fully saturated rings. The lowest BCUT2D eigenvalue weighted by molar-refractivity contribution is 0.0725. The molecule has 1 atom stereocenters. The van der Waals surface area contributed by atoms with Gasteiger partial charge in [-0.1, -0.05) is 18.2 Å². The van der Waals surface area contributed by atoms with Gasteiger partial charge in [-0.25, -0.2) is 15.0 Å². The molecule has 1 aliphatic heterocycles. The third-order valence-corrected chi connectivity index (χ3v) is 4.50. The minimum Gasteiger partial charge on any atom is -0.382 e. The smallest absolute Gasteiger partial charge is 0.254 e. The van der Waals surface area contributed by atoms with E-state index in [2.05, 4.69) is 15.0 Å². The lowest BCUT2D eigenvalue weighted by Crippen LogP contribution is -2.38. The van der Waals surface area contributed by atoms with Gasteiger partial charge in [0.05, 0.1) is 12.4 Å². The zero-order chi connectivity index (χ0) is 16.5. The quantitative estimate of drug-likeness (QED) is 0.793. The molecule has 0 radical (unpaired) electrons. The van der Waals surface area contributed by atoms with Gasteiger partial charge < -0.3 is 15.2 Å². The van der Waals surface area contributed by atoms with Crippen molar-refractivity contribution in [2.45, 2.75) is 25.4 Å². The summed E-state index contributed by atoms with van der Waals surface area (Å²) < 4.78 is 1.95. The van der Waals surface area contributed by atoms with Gasteiger partial charge >= 0.3 is 0 Å². The molecule has 7 nitrogen and oxygen atoms in total. The maximum Gasteiger partial charge on any atom is 0.254 e. The van der Waals surface area contributed by atoms with Crippen LogP contribution in [0.3, 0.4) is 0 Å². The van der Waals surface area contributed by atoms with Gasteiger partial charge in [-0.05, 0) is 25.0 Å². The average Bonchev–Trinajstić information content (AvgIpc) is 3.24. The molecule has 1 amide bonds. The topological polar surface area (TPSA) is 89.9 Å². The molecule has 1 saturated heterocycles. The number of amides is 1. The molecule has 2 N–H and O–H groups in total. The lowest BCUT2D eigenvalue weighted by atomic mass is 10.1. The number of nitrogens with two attached hydrogens (primary N) is 1. The van der Waals surface area contributed by atoms with Crippen LogP contribution in [0.1, 0.15) is 23.2 Å². The van der Waals surface area contributed by atoms with Crippen molar-refractivity contribution in [3.63, 3.8) is 0 Å². The summed E-state index contributed by atoms with van der Waals surface area (Å²) in [6.45, 7) is 1.44. The van der Waals surface area contributed by atoms with Crippen molar-refractivity contribution in [1.29, 1.82) is 0 Å². The second kappa shape index (κ2) is 5.92. The van der Waals surface area contributed by atoms with E-state index in [1.54, 1.807) is 6.33 Å². The Morgan fingerprint density at radius 2 is 2.04 bits per heavy atom. The van der Waals surface area contributed by atoms with Crippen molar-refractivity contribution in [1.82, 2.24) is 24.4 Å². The average molecular weight is 322 g/mol. The number of hydrogen-bond donors (Lipinski definition) is 1. The molecule has 3 aromatic rings. The third-order valence-electron chi connectivity index (χ3n) is 4.50. The number of aromatic nitrogens is 4. The van der Waals surface area contributed by atoms with Crippen LogP contribution in [0, 0.1) is 0 Å². The van der Waals surface area contributed by atoms with E-state index in [4.69, 9.17) is 5.73 Å². The molecule has 0 unspecified atom stereocenters. The molecule has 7 heteroatoms. The van der Waals surface area contributed by atoms with Crippen molar-refractivity contribution in [2.75, 3.05) is 12.3 Å². The number of nitrogens with zero attached hydrogens (tertiary/aromatic N) is 5. The zero-order valence-corrected chi connectivity index (χ0v) is 13.2.